The zero-order chi connectivity index (χ0) is 23.7. The Bertz CT molecular complexity index is 1060. The summed E-state index contributed by atoms with van der Waals surface area (Å²) in [6.07, 6.45) is 1.76. The maximum absolute atomic E-state index is 12.6. The number of nitrogens with zero attached hydrogens (tertiary/aromatic N) is 1. The fourth-order valence-corrected chi connectivity index (χ4v) is 3.45. The van der Waals surface area contributed by atoms with Crippen LogP contribution in [0.3, 0.4) is 0 Å². The van der Waals surface area contributed by atoms with E-state index in [0.717, 1.165) is 5.39 Å². The number of Topliss-reactive ketones (excluding diaryl/α,β-unsaturated/α-hetero) is 2. The van der Waals surface area contributed by atoms with Gasteiger partial charge in [-0.2, -0.15) is 0 Å². The fraction of sp³-hybridized carbons (Fsp3) is 0.435. The molecule has 2 aromatic rings. The van der Waals surface area contributed by atoms with Crippen molar-refractivity contribution in [1.82, 2.24) is 15.2 Å². The minimum Gasteiger partial charge on any atom is -0.465 e. The zero-order valence-corrected chi connectivity index (χ0v) is 18.3. The van der Waals surface area contributed by atoms with Crippen LogP contribution >= 0.6 is 0 Å². The lowest BCUT2D eigenvalue weighted by Gasteiger charge is -2.16. The van der Waals surface area contributed by atoms with Crippen molar-refractivity contribution < 1.29 is 24.3 Å². The molecule has 3 N–H and O–H groups in total. The Hall–Kier alpha value is -3.49. The van der Waals surface area contributed by atoms with Gasteiger partial charge in [-0.1, -0.05) is 38.0 Å². The number of hydrogen-bond acceptors (Lipinski definition) is 5. The summed E-state index contributed by atoms with van der Waals surface area (Å²) in [6.45, 7) is 1.38. The number of fused-ring (bicyclic) bond motifs is 1. The maximum atomic E-state index is 12.6. The van der Waals surface area contributed by atoms with Gasteiger partial charge in [0, 0.05) is 19.9 Å². The second-order valence-corrected chi connectivity index (χ2v) is 7.62. The number of rotatable bonds is 12. The quantitative estimate of drug-likeness (QED) is 0.341. The number of hydrogen-bond donors (Lipinski definition) is 3. The molecule has 0 saturated heterocycles. The molecular formula is C23H29N3O6. The summed E-state index contributed by atoms with van der Waals surface area (Å²) in [7, 11) is 1.57. The van der Waals surface area contributed by atoms with Crippen LogP contribution in [0.1, 0.15) is 55.8 Å². The molecule has 2 rings (SSSR count). The van der Waals surface area contributed by atoms with E-state index in [-0.39, 0.29) is 17.8 Å². The van der Waals surface area contributed by atoms with Crippen LogP contribution in [-0.2, 0) is 16.6 Å². The van der Waals surface area contributed by atoms with Crippen LogP contribution < -0.4 is 16.2 Å². The summed E-state index contributed by atoms with van der Waals surface area (Å²) in [5, 5.41) is 14.3. The van der Waals surface area contributed by atoms with E-state index in [9.17, 15) is 24.0 Å². The molecule has 0 aliphatic carbocycles. The van der Waals surface area contributed by atoms with Crippen LogP contribution in [0.4, 0.5) is 4.79 Å². The molecule has 0 aliphatic heterocycles. The highest BCUT2D eigenvalue weighted by Crippen LogP contribution is 2.13. The van der Waals surface area contributed by atoms with Crippen molar-refractivity contribution in [3.05, 3.63) is 46.2 Å². The topological polar surface area (TPSA) is 135 Å². The molecule has 1 heterocycles. The van der Waals surface area contributed by atoms with Crippen LogP contribution in [0, 0.1) is 0 Å². The first-order chi connectivity index (χ1) is 15.2. The summed E-state index contributed by atoms with van der Waals surface area (Å²) in [4.78, 5) is 60.0. The minimum atomic E-state index is -1.35. The molecule has 1 atom stereocenters. The Labute approximate surface area is 185 Å². The third kappa shape index (κ3) is 6.76. The van der Waals surface area contributed by atoms with Gasteiger partial charge in [-0.3, -0.25) is 19.2 Å². The van der Waals surface area contributed by atoms with Gasteiger partial charge in [-0.15, -0.1) is 0 Å². The van der Waals surface area contributed by atoms with Crippen LogP contribution in [0.15, 0.2) is 35.1 Å². The first kappa shape index (κ1) is 24.8. The Morgan fingerprint density at radius 1 is 1.09 bits per heavy atom. The highest BCUT2D eigenvalue weighted by Gasteiger charge is 2.22. The van der Waals surface area contributed by atoms with Gasteiger partial charge in [0.1, 0.15) is 11.8 Å². The number of para-hydroxylation sites is 1. The summed E-state index contributed by atoms with van der Waals surface area (Å²) in [5.74, 6) is -1.03. The zero-order valence-electron chi connectivity index (χ0n) is 18.3. The van der Waals surface area contributed by atoms with Gasteiger partial charge in [-0.25, -0.2) is 4.79 Å². The number of pyridine rings is 1. The average molecular weight is 444 g/mol. The smallest absolute Gasteiger partial charge is 0.405 e. The summed E-state index contributed by atoms with van der Waals surface area (Å²) in [5.41, 5.74) is 0.170. The molecule has 1 unspecified atom stereocenters. The number of carboxylic acid groups (broad SMARTS) is 1. The monoisotopic (exact) mass is 443 g/mol. The van der Waals surface area contributed by atoms with Gasteiger partial charge in [-0.05, 0) is 30.4 Å². The SMILES string of the molecule is CCC(=O)CCCCCC(NC(=O)O)C(=O)NCC(=O)c1cc2ccccc2n(C)c1=O. The van der Waals surface area contributed by atoms with E-state index in [1.165, 1.54) is 10.6 Å². The number of unbranched alkanes of at least 4 members (excludes halogenated alkanes) is 2. The standard InChI is InChI=1S/C23H29N3O6/c1-3-16(27)10-5-4-6-11-18(25-23(31)32)21(29)24-14-20(28)17-13-15-9-7-8-12-19(15)26(2)22(17)30/h7-9,12-13,18,25H,3-6,10-11,14H2,1-2H3,(H,24,29)(H,31,32). The molecule has 0 bridgehead atoms. The van der Waals surface area contributed by atoms with Crippen LogP contribution in [0.5, 0.6) is 0 Å². The van der Waals surface area contributed by atoms with E-state index >= 15 is 0 Å². The Morgan fingerprint density at radius 3 is 2.50 bits per heavy atom. The lowest BCUT2D eigenvalue weighted by atomic mass is 10.0. The molecule has 32 heavy (non-hydrogen) atoms. The molecular weight excluding hydrogens is 414 g/mol. The van der Waals surface area contributed by atoms with E-state index in [1.807, 2.05) is 0 Å². The lowest BCUT2D eigenvalue weighted by Crippen LogP contribution is -2.47. The average Bonchev–Trinajstić information content (AvgIpc) is 2.78. The Kier molecular flexibility index (Phi) is 9.12. The highest BCUT2D eigenvalue weighted by molar-refractivity contribution is 6.02. The third-order valence-electron chi connectivity index (χ3n) is 5.31. The normalized spacial score (nSPS) is 11.7. The first-order valence-corrected chi connectivity index (χ1v) is 10.7. The number of carbonyl (C=O) groups is 4. The first-order valence-electron chi connectivity index (χ1n) is 10.7. The van der Waals surface area contributed by atoms with Gasteiger partial charge in [0.15, 0.2) is 5.78 Å². The van der Waals surface area contributed by atoms with E-state index in [4.69, 9.17) is 5.11 Å². The van der Waals surface area contributed by atoms with Crippen molar-refractivity contribution in [1.29, 1.82) is 0 Å². The predicted octanol–water partition coefficient (Wildman–Crippen LogP) is 2.40. The number of amides is 2. The maximum Gasteiger partial charge on any atom is 0.405 e. The van der Waals surface area contributed by atoms with Gasteiger partial charge in [0.25, 0.3) is 5.56 Å². The van der Waals surface area contributed by atoms with Crippen LogP contribution in [-0.4, -0.2) is 45.8 Å². The fourth-order valence-electron chi connectivity index (χ4n) is 3.45. The molecule has 0 radical (unpaired) electrons. The van der Waals surface area contributed by atoms with E-state index in [0.29, 0.717) is 37.6 Å². The number of nitrogens with one attached hydrogen (secondary N) is 2. The molecule has 1 aromatic carbocycles. The summed E-state index contributed by atoms with van der Waals surface area (Å²) >= 11 is 0. The molecule has 172 valence electrons. The van der Waals surface area contributed by atoms with Crippen molar-refractivity contribution in [3.8, 4) is 0 Å². The number of aromatic nitrogens is 1. The highest BCUT2D eigenvalue weighted by atomic mass is 16.4. The van der Waals surface area contributed by atoms with Crippen molar-refractivity contribution in [2.45, 2.75) is 51.5 Å². The molecule has 0 fully saturated rings. The number of aryl methyl sites for hydroxylation is 1. The van der Waals surface area contributed by atoms with Gasteiger partial charge < -0.3 is 20.3 Å². The molecule has 9 heteroatoms. The molecule has 0 spiro atoms. The molecule has 2 amide bonds. The molecule has 0 saturated carbocycles. The van der Waals surface area contributed by atoms with Crippen molar-refractivity contribution in [2.75, 3.05) is 6.54 Å². The van der Waals surface area contributed by atoms with E-state index in [1.54, 1.807) is 38.2 Å². The number of benzene rings is 1. The summed E-state index contributed by atoms with van der Waals surface area (Å²) in [6, 6.07) is 7.61. The van der Waals surface area contributed by atoms with Gasteiger partial charge in [0.2, 0.25) is 5.91 Å². The van der Waals surface area contributed by atoms with Crippen molar-refractivity contribution >= 4 is 34.5 Å². The predicted molar refractivity (Wildman–Crippen MR) is 120 cm³/mol. The van der Waals surface area contributed by atoms with Gasteiger partial charge >= 0.3 is 6.09 Å². The van der Waals surface area contributed by atoms with Crippen molar-refractivity contribution in [3.63, 3.8) is 0 Å². The Morgan fingerprint density at radius 2 is 1.81 bits per heavy atom. The molecule has 1 aromatic heterocycles. The van der Waals surface area contributed by atoms with Crippen LogP contribution in [0.25, 0.3) is 10.9 Å². The molecule has 0 aliphatic rings. The van der Waals surface area contributed by atoms with Gasteiger partial charge in [0.05, 0.1) is 17.6 Å². The lowest BCUT2D eigenvalue weighted by molar-refractivity contribution is -0.123. The Balaban J connectivity index is 1.98. The van der Waals surface area contributed by atoms with Crippen molar-refractivity contribution in [2.24, 2.45) is 7.05 Å². The summed E-state index contributed by atoms with van der Waals surface area (Å²) < 4.78 is 1.38. The minimum absolute atomic E-state index is 0.0464. The second kappa shape index (κ2) is 11.8. The second-order valence-electron chi connectivity index (χ2n) is 7.62. The number of ketones is 2. The van der Waals surface area contributed by atoms with E-state index < -0.39 is 35.9 Å². The van der Waals surface area contributed by atoms with E-state index in [2.05, 4.69) is 10.6 Å². The third-order valence-corrected chi connectivity index (χ3v) is 5.31. The number of carbonyl (C=O) groups excluding carboxylic acids is 3. The largest absolute Gasteiger partial charge is 0.465 e. The van der Waals surface area contributed by atoms with Crippen LogP contribution in [0.2, 0.25) is 0 Å². The molecule has 9 nitrogen and oxygen atoms in total.